The Balaban J connectivity index is 2.03. The summed E-state index contributed by atoms with van der Waals surface area (Å²) in [4.78, 5) is 38.8. The molecule has 156 valence electrons. The van der Waals surface area contributed by atoms with Crippen LogP contribution in [0.2, 0.25) is 0 Å². The maximum absolute atomic E-state index is 12.6. The van der Waals surface area contributed by atoms with Crippen molar-refractivity contribution in [3.63, 3.8) is 0 Å². The number of anilines is 1. The van der Waals surface area contributed by atoms with Gasteiger partial charge in [0.2, 0.25) is 0 Å². The van der Waals surface area contributed by atoms with Gasteiger partial charge in [0, 0.05) is 11.3 Å². The Morgan fingerprint density at radius 3 is 2.40 bits per heavy atom. The second kappa shape index (κ2) is 10.8. The van der Waals surface area contributed by atoms with Crippen LogP contribution in [0.1, 0.15) is 29.8 Å². The van der Waals surface area contributed by atoms with Gasteiger partial charge in [0.25, 0.3) is 11.8 Å². The summed E-state index contributed by atoms with van der Waals surface area (Å²) in [6.07, 6.45) is 0. The number of hydrogen-bond donors (Lipinski definition) is 1. The fourth-order valence-electron chi connectivity index (χ4n) is 2.81. The molecule has 2 rings (SSSR count). The van der Waals surface area contributed by atoms with E-state index in [0.29, 0.717) is 11.3 Å². The SMILES string of the molecule is Cc1cccc(C(=O)N[C@H](C(=O)OCC(=O)N(CC#N)c2ccccc2)C(C)C)c1. The molecule has 7 heteroatoms. The molecule has 0 unspecified atom stereocenters. The van der Waals surface area contributed by atoms with Gasteiger partial charge in [0.15, 0.2) is 6.61 Å². The molecule has 0 heterocycles. The standard InChI is InChI=1S/C23H25N3O4/c1-16(2)21(25-22(28)18-9-7-8-17(3)14-18)23(29)30-15-20(27)26(13-12-24)19-10-5-4-6-11-19/h4-11,14,16,21H,13,15H2,1-3H3,(H,25,28)/t21-/m0/s1. The van der Waals surface area contributed by atoms with Gasteiger partial charge in [-0.05, 0) is 37.1 Å². The fraction of sp³-hybridized carbons (Fsp3) is 0.304. The molecule has 0 bridgehead atoms. The maximum atomic E-state index is 12.6. The Labute approximate surface area is 176 Å². The number of amides is 2. The van der Waals surface area contributed by atoms with Crippen LogP contribution in [0.5, 0.6) is 0 Å². The summed E-state index contributed by atoms with van der Waals surface area (Å²) in [5, 5.41) is 11.7. The number of aryl methyl sites for hydroxylation is 1. The molecule has 2 aromatic carbocycles. The first-order valence-corrected chi connectivity index (χ1v) is 9.60. The van der Waals surface area contributed by atoms with Crippen molar-refractivity contribution in [2.75, 3.05) is 18.1 Å². The summed E-state index contributed by atoms with van der Waals surface area (Å²) in [7, 11) is 0. The molecule has 30 heavy (non-hydrogen) atoms. The minimum Gasteiger partial charge on any atom is -0.454 e. The van der Waals surface area contributed by atoms with Gasteiger partial charge in [-0.15, -0.1) is 0 Å². The van der Waals surface area contributed by atoms with E-state index in [-0.39, 0.29) is 12.5 Å². The lowest BCUT2D eigenvalue weighted by Gasteiger charge is -2.23. The van der Waals surface area contributed by atoms with Crippen molar-refractivity contribution in [1.82, 2.24) is 5.32 Å². The van der Waals surface area contributed by atoms with Gasteiger partial charge in [-0.25, -0.2) is 4.79 Å². The molecule has 0 fully saturated rings. The Morgan fingerprint density at radius 1 is 1.10 bits per heavy atom. The molecule has 0 spiro atoms. The molecule has 0 aliphatic rings. The number of nitriles is 1. The smallest absolute Gasteiger partial charge is 0.329 e. The number of rotatable bonds is 8. The Bertz CT molecular complexity index is 935. The molecule has 7 nitrogen and oxygen atoms in total. The van der Waals surface area contributed by atoms with E-state index in [9.17, 15) is 14.4 Å². The van der Waals surface area contributed by atoms with Crippen LogP contribution in [0, 0.1) is 24.2 Å². The minimum absolute atomic E-state index is 0.169. The van der Waals surface area contributed by atoms with Crippen LogP contribution in [0.4, 0.5) is 5.69 Å². The lowest BCUT2D eigenvalue weighted by atomic mass is 10.0. The lowest BCUT2D eigenvalue weighted by molar-refractivity contribution is -0.150. The second-order valence-electron chi connectivity index (χ2n) is 7.15. The summed E-state index contributed by atoms with van der Waals surface area (Å²) in [5.74, 6) is -1.87. The van der Waals surface area contributed by atoms with Crippen LogP contribution in [0.3, 0.4) is 0 Å². The molecular weight excluding hydrogens is 382 g/mol. The summed E-state index contributed by atoms with van der Waals surface area (Å²) in [6.45, 7) is 4.72. The Kier molecular flexibility index (Phi) is 8.12. The zero-order chi connectivity index (χ0) is 22.1. The topological polar surface area (TPSA) is 99.5 Å². The highest BCUT2D eigenvalue weighted by Crippen LogP contribution is 2.14. The van der Waals surface area contributed by atoms with E-state index in [1.165, 1.54) is 4.90 Å². The largest absolute Gasteiger partial charge is 0.454 e. The summed E-state index contributed by atoms with van der Waals surface area (Å²) in [6, 6.07) is 16.7. The maximum Gasteiger partial charge on any atom is 0.329 e. The van der Waals surface area contributed by atoms with Crippen molar-refractivity contribution in [3.8, 4) is 6.07 Å². The average Bonchev–Trinajstić information content (AvgIpc) is 2.74. The van der Waals surface area contributed by atoms with Crippen molar-refractivity contribution in [2.45, 2.75) is 26.8 Å². The van der Waals surface area contributed by atoms with E-state index in [1.807, 2.05) is 19.1 Å². The van der Waals surface area contributed by atoms with Crippen molar-refractivity contribution >= 4 is 23.5 Å². The van der Waals surface area contributed by atoms with Gasteiger partial charge in [0.05, 0.1) is 6.07 Å². The molecule has 2 amide bonds. The molecule has 2 aromatic rings. The summed E-state index contributed by atoms with van der Waals surface area (Å²) < 4.78 is 5.18. The molecule has 0 saturated heterocycles. The monoisotopic (exact) mass is 407 g/mol. The van der Waals surface area contributed by atoms with E-state index in [2.05, 4.69) is 5.32 Å². The number of benzene rings is 2. The highest BCUT2D eigenvalue weighted by Gasteiger charge is 2.27. The molecule has 0 aliphatic heterocycles. The van der Waals surface area contributed by atoms with Gasteiger partial charge in [-0.2, -0.15) is 5.26 Å². The molecule has 1 N–H and O–H groups in total. The Hall–Kier alpha value is -3.66. The van der Waals surface area contributed by atoms with Crippen LogP contribution in [0.25, 0.3) is 0 Å². The first-order chi connectivity index (χ1) is 14.3. The molecule has 1 atom stereocenters. The third-order valence-electron chi connectivity index (χ3n) is 4.42. The molecule has 0 saturated carbocycles. The van der Waals surface area contributed by atoms with Crippen LogP contribution in [-0.4, -0.2) is 37.0 Å². The van der Waals surface area contributed by atoms with Gasteiger partial charge >= 0.3 is 5.97 Å². The van der Waals surface area contributed by atoms with E-state index in [0.717, 1.165) is 5.56 Å². The minimum atomic E-state index is -0.910. The van der Waals surface area contributed by atoms with Gasteiger partial charge in [-0.1, -0.05) is 49.7 Å². The third-order valence-corrected chi connectivity index (χ3v) is 4.42. The number of esters is 1. The number of para-hydroxylation sites is 1. The van der Waals surface area contributed by atoms with E-state index >= 15 is 0 Å². The predicted molar refractivity (Wildman–Crippen MR) is 113 cm³/mol. The zero-order valence-corrected chi connectivity index (χ0v) is 17.3. The average molecular weight is 407 g/mol. The van der Waals surface area contributed by atoms with Crippen LogP contribution in [0.15, 0.2) is 54.6 Å². The van der Waals surface area contributed by atoms with E-state index in [4.69, 9.17) is 10.00 Å². The normalized spacial score (nSPS) is 11.3. The summed E-state index contributed by atoms with van der Waals surface area (Å²) in [5.41, 5.74) is 1.90. The van der Waals surface area contributed by atoms with Crippen molar-refractivity contribution in [3.05, 3.63) is 65.7 Å². The number of nitrogens with one attached hydrogen (secondary N) is 1. The third kappa shape index (κ3) is 6.17. The van der Waals surface area contributed by atoms with Gasteiger partial charge in [-0.3, -0.25) is 14.5 Å². The number of hydrogen-bond acceptors (Lipinski definition) is 5. The van der Waals surface area contributed by atoms with E-state index in [1.54, 1.807) is 62.4 Å². The van der Waals surface area contributed by atoms with E-state index < -0.39 is 30.4 Å². The number of nitrogens with zero attached hydrogens (tertiary/aromatic N) is 2. The number of carbonyl (C=O) groups is 3. The van der Waals surface area contributed by atoms with Crippen molar-refractivity contribution < 1.29 is 19.1 Å². The van der Waals surface area contributed by atoms with Crippen LogP contribution >= 0.6 is 0 Å². The first kappa shape index (κ1) is 22.6. The lowest BCUT2D eigenvalue weighted by Crippen LogP contribution is -2.46. The van der Waals surface area contributed by atoms with Crippen molar-refractivity contribution in [2.24, 2.45) is 5.92 Å². The van der Waals surface area contributed by atoms with Gasteiger partial charge < -0.3 is 10.1 Å². The predicted octanol–water partition coefficient (Wildman–Crippen LogP) is 2.85. The number of carbonyl (C=O) groups excluding carboxylic acids is 3. The summed E-state index contributed by atoms with van der Waals surface area (Å²) >= 11 is 0. The number of ether oxygens (including phenoxy) is 1. The quantitative estimate of drug-likeness (QED) is 0.536. The molecule has 0 aliphatic carbocycles. The highest BCUT2D eigenvalue weighted by atomic mass is 16.5. The molecule has 0 aromatic heterocycles. The van der Waals surface area contributed by atoms with Crippen LogP contribution in [-0.2, 0) is 14.3 Å². The fourth-order valence-corrected chi connectivity index (χ4v) is 2.81. The zero-order valence-electron chi connectivity index (χ0n) is 17.3. The Morgan fingerprint density at radius 2 is 1.80 bits per heavy atom. The van der Waals surface area contributed by atoms with Crippen molar-refractivity contribution in [1.29, 1.82) is 5.26 Å². The highest BCUT2D eigenvalue weighted by molar-refractivity contribution is 5.98. The van der Waals surface area contributed by atoms with Gasteiger partial charge in [0.1, 0.15) is 12.6 Å². The second-order valence-corrected chi connectivity index (χ2v) is 7.15. The first-order valence-electron chi connectivity index (χ1n) is 9.60. The molecular formula is C23H25N3O4. The molecule has 0 radical (unpaired) electrons. The van der Waals surface area contributed by atoms with Crippen LogP contribution < -0.4 is 10.2 Å².